The van der Waals surface area contributed by atoms with Gasteiger partial charge in [-0.05, 0) is 55.5 Å². The molecule has 1 fully saturated rings. The van der Waals surface area contributed by atoms with Crippen molar-refractivity contribution in [2.75, 3.05) is 31.5 Å². The van der Waals surface area contributed by atoms with Crippen molar-refractivity contribution in [2.45, 2.75) is 38.5 Å². The van der Waals surface area contributed by atoms with Crippen LogP contribution in [0.2, 0.25) is 0 Å². The van der Waals surface area contributed by atoms with Crippen LogP contribution in [-0.2, 0) is 14.8 Å². The topological polar surface area (TPSA) is 78.5 Å². The molecular formula is C18H29N3O3S. The first kappa shape index (κ1) is 19.9. The Hall–Kier alpha value is -1.44. The van der Waals surface area contributed by atoms with Crippen LogP contribution >= 0.6 is 0 Å². The van der Waals surface area contributed by atoms with E-state index in [1.54, 1.807) is 12.1 Å². The lowest BCUT2D eigenvalue weighted by Crippen LogP contribution is -2.40. The average Bonchev–Trinajstić information content (AvgIpc) is 2.51. The number of benzene rings is 1. The number of nitrogens with one attached hydrogen (secondary N) is 2. The number of sulfonamides is 1. The van der Waals surface area contributed by atoms with Crippen molar-refractivity contribution in [3.63, 3.8) is 0 Å². The molecule has 1 heterocycles. The van der Waals surface area contributed by atoms with E-state index in [0.29, 0.717) is 24.1 Å². The normalized spacial score (nSPS) is 21.9. The molecule has 0 aromatic heterocycles. The zero-order valence-electron chi connectivity index (χ0n) is 15.3. The summed E-state index contributed by atoms with van der Waals surface area (Å²) in [5, 5.41) is 2.62. The number of carbonyl (C=O) groups excluding carboxylic acids is 1. The number of rotatable bonds is 7. The van der Waals surface area contributed by atoms with Crippen LogP contribution in [0, 0.1) is 11.8 Å². The molecule has 0 aliphatic carbocycles. The summed E-state index contributed by atoms with van der Waals surface area (Å²) in [5.41, 5.74) is 0.583. The smallest absolute Gasteiger partial charge is 0.240 e. The number of hydrogen-bond donors (Lipinski definition) is 2. The maximum absolute atomic E-state index is 12.3. The number of likely N-dealkylation sites (tertiary alicyclic amines) is 1. The number of amides is 1. The van der Waals surface area contributed by atoms with E-state index in [-0.39, 0.29) is 10.8 Å². The number of hydrogen-bond acceptors (Lipinski definition) is 4. The Balaban J connectivity index is 1.80. The lowest BCUT2D eigenvalue weighted by molar-refractivity contribution is -0.114. The predicted molar refractivity (Wildman–Crippen MR) is 99.9 cm³/mol. The van der Waals surface area contributed by atoms with Crippen LogP contribution in [0.15, 0.2) is 29.2 Å². The van der Waals surface area contributed by atoms with Crippen molar-refractivity contribution in [3.05, 3.63) is 24.3 Å². The molecule has 25 heavy (non-hydrogen) atoms. The number of piperidine rings is 1. The van der Waals surface area contributed by atoms with Gasteiger partial charge in [0.1, 0.15) is 0 Å². The minimum absolute atomic E-state index is 0.185. The first-order valence-electron chi connectivity index (χ1n) is 8.86. The van der Waals surface area contributed by atoms with E-state index in [1.807, 2.05) is 0 Å². The zero-order chi connectivity index (χ0) is 18.4. The molecule has 1 aromatic rings. The fourth-order valence-electron chi connectivity index (χ4n) is 3.49. The number of carbonyl (C=O) groups is 1. The van der Waals surface area contributed by atoms with Gasteiger partial charge in [-0.15, -0.1) is 0 Å². The fraction of sp³-hybridized carbons (Fsp3) is 0.611. The molecule has 1 aromatic carbocycles. The van der Waals surface area contributed by atoms with Gasteiger partial charge in [0.15, 0.2) is 0 Å². The molecule has 0 saturated carbocycles. The third-order valence-corrected chi connectivity index (χ3v) is 5.85. The van der Waals surface area contributed by atoms with E-state index < -0.39 is 10.0 Å². The zero-order valence-corrected chi connectivity index (χ0v) is 16.1. The Morgan fingerprint density at radius 2 is 1.76 bits per heavy atom. The second-order valence-electron chi connectivity index (χ2n) is 7.16. The van der Waals surface area contributed by atoms with Crippen LogP contribution in [0.5, 0.6) is 0 Å². The summed E-state index contributed by atoms with van der Waals surface area (Å²) in [6.07, 6.45) is 2.07. The van der Waals surface area contributed by atoms with Crippen molar-refractivity contribution in [1.29, 1.82) is 0 Å². The highest BCUT2D eigenvalue weighted by Gasteiger charge is 2.21. The van der Waals surface area contributed by atoms with Gasteiger partial charge in [0.25, 0.3) is 0 Å². The Bertz CT molecular complexity index is 663. The second kappa shape index (κ2) is 8.78. The molecule has 0 bridgehead atoms. The highest BCUT2D eigenvalue weighted by atomic mass is 32.2. The Morgan fingerprint density at radius 3 is 2.32 bits per heavy atom. The summed E-state index contributed by atoms with van der Waals surface area (Å²) in [6.45, 7) is 9.50. The molecule has 0 unspecified atom stereocenters. The molecule has 7 heteroatoms. The molecule has 1 saturated heterocycles. The van der Waals surface area contributed by atoms with Crippen molar-refractivity contribution < 1.29 is 13.2 Å². The molecule has 1 aliphatic rings. The van der Waals surface area contributed by atoms with Crippen LogP contribution in [0.1, 0.15) is 33.6 Å². The van der Waals surface area contributed by atoms with Gasteiger partial charge in [-0.3, -0.25) is 4.79 Å². The van der Waals surface area contributed by atoms with Gasteiger partial charge in [0, 0.05) is 32.2 Å². The molecule has 1 aliphatic heterocycles. The van der Waals surface area contributed by atoms with Gasteiger partial charge in [-0.1, -0.05) is 13.8 Å². The second-order valence-corrected chi connectivity index (χ2v) is 8.93. The molecule has 2 rings (SSSR count). The standard InChI is InChI=1S/C18H29N3O3S/c1-14-11-15(2)13-21(12-14)10-4-9-19-25(23,24)18-7-5-17(6-8-18)20-16(3)22/h5-8,14-15,19H,4,9-13H2,1-3H3,(H,20,22)/t14-,15-/m0/s1. The molecule has 140 valence electrons. The van der Waals surface area contributed by atoms with Gasteiger partial charge in [-0.2, -0.15) is 0 Å². The monoisotopic (exact) mass is 367 g/mol. The molecule has 6 nitrogen and oxygen atoms in total. The fourth-order valence-corrected chi connectivity index (χ4v) is 4.56. The van der Waals surface area contributed by atoms with E-state index >= 15 is 0 Å². The van der Waals surface area contributed by atoms with Gasteiger partial charge < -0.3 is 10.2 Å². The van der Waals surface area contributed by atoms with E-state index in [1.165, 1.54) is 25.5 Å². The SMILES string of the molecule is CC(=O)Nc1ccc(S(=O)(=O)NCCCN2C[C@@H](C)C[C@H](C)C2)cc1. The van der Waals surface area contributed by atoms with Crippen molar-refractivity contribution in [2.24, 2.45) is 11.8 Å². The first-order valence-corrected chi connectivity index (χ1v) is 10.3. The molecule has 2 atom stereocenters. The summed E-state index contributed by atoms with van der Waals surface area (Å²) in [4.78, 5) is 13.6. The maximum Gasteiger partial charge on any atom is 0.240 e. The third kappa shape index (κ3) is 6.41. The van der Waals surface area contributed by atoms with Gasteiger partial charge in [-0.25, -0.2) is 13.1 Å². The van der Waals surface area contributed by atoms with Gasteiger partial charge >= 0.3 is 0 Å². The number of anilines is 1. The van der Waals surface area contributed by atoms with E-state index in [2.05, 4.69) is 28.8 Å². The highest BCUT2D eigenvalue weighted by molar-refractivity contribution is 7.89. The summed E-state index contributed by atoms with van der Waals surface area (Å²) in [6, 6.07) is 6.18. The van der Waals surface area contributed by atoms with Crippen molar-refractivity contribution >= 4 is 21.6 Å². The quantitative estimate of drug-likeness (QED) is 0.725. The van der Waals surface area contributed by atoms with Gasteiger partial charge in [0.2, 0.25) is 15.9 Å². The Morgan fingerprint density at radius 1 is 1.16 bits per heavy atom. The minimum atomic E-state index is -3.51. The summed E-state index contributed by atoms with van der Waals surface area (Å²) in [5.74, 6) is 1.24. The van der Waals surface area contributed by atoms with Crippen molar-refractivity contribution in [1.82, 2.24) is 9.62 Å². The lowest BCUT2D eigenvalue weighted by atomic mass is 9.92. The molecule has 0 spiro atoms. The first-order chi connectivity index (χ1) is 11.8. The summed E-state index contributed by atoms with van der Waals surface area (Å²) < 4.78 is 27.3. The Kier molecular flexibility index (Phi) is 6.98. The van der Waals surface area contributed by atoms with Crippen LogP contribution in [0.25, 0.3) is 0 Å². The number of nitrogens with zero attached hydrogens (tertiary/aromatic N) is 1. The third-order valence-electron chi connectivity index (χ3n) is 4.37. The average molecular weight is 368 g/mol. The highest BCUT2D eigenvalue weighted by Crippen LogP contribution is 2.20. The van der Waals surface area contributed by atoms with Crippen molar-refractivity contribution in [3.8, 4) is 0 Å². The predicted octanol–water partition coefficient (Wildman–Crippen LogP) is 2.29. The van der Waals surface area contributed by atoms with E-state index in [0.717, 1.165) is 26.1 Å². The Labute approximate surface area is 151 Å². The molecule has 2 N–H and O–H groups in total. The molecule has 1 amide bonds. The molecular weight excluding hydrogens is 338 g/mol. The largest absolute Gasteiger partial charge is 0.326 e. The minimum Gasteiger partial charge on any atom is -0.326 e. The maximum atomic E-state index is 12.3. The summed E-state index contributed by atoms with van der Waals surface area (Å²) >= 11 is 0. The van der Waals surface area contributed by atoms with Crippen LogP contribution in [0.3, 0.4) is 0 Å². The summed E-state index contributed by atoms with van der Waals surface area (Å²) in [7, 11) is -3.51. The van der Waals surface area contributed by atoms with E-state index in [4.69, 9.17) is 0 Å². The molecule has 0 radical (unpaired) electrons. The van der Waals surface area contributed by atoms with E-state index in [9.17, 15) is 13.2 Å². The lowest BCUT2D eigenvalue weighted by Gasteiger charge is -2.34. The van der Waals surface area contributed by atoms with Crippen LogP contribution < -0.4 is 10.0 Å². The van der Waals surface area contributed by atoms with Gasteiger partial charge in [0.05, 0.1) is 4.90 Å². The van der Waals surface area contributed by atoms with Crippen LogP contribution in [-0.4, -0.2) is 45.4 Å². The van der Waals surface area contributed by atoms with Crippen LogP contribution in [0.4, 0.5) is 5.69 Å².